The third kappa shape index (κ3) is 2.85. The molecule has 0 saturated heterocycles. The van der Waals surface area contributed by atoms with Crippen LogP contribution in [0.15, 0.2) is 28.9 Å². The van der Waals surface area contributed by atoms with Crippen LogP contribution < -0.4 is 5.32 Å². The number of aryl methyl sites for hydroxylation is 1. The highest BCUT2D eigenvalue weighted by Gasteiger charge is 2.07. The van der Waals surface area contributed by atoms with E-state index in [9.17, 15) is 4.79 Å². The number of nitrogens with one attached hydrogen (secondary N) is 1. The number of carbonyl (C=O) groups excluding carboxylic acids is 1. The van der Waals surface area contributed by atoms with Gasteiger partial charge >= 0.3 is 5.97 Å². The van der Waals surface area contributed by atoms with E-state index < -0.39 is 5.97 Å². The normalized spacial score (nSPS) is 10.1. The Bertz CT molecular complexity index is 551. The van der Waals surface area contributed by atoms with Crippen LogP contribution in [-0.4, -0.2) is 23.2 Å². The molecule has 0 radical (unpaired) electrons. The molecule has 0 aliphatic carbocycles. The predicted octanol–water partition coefficient (Wildman–Crippen LogP) is 1.78. The van der Waals surface area contributed by atoms with Crippen LogP contribution in [0.5, 0.6) is 0 Å². The minimum atomic E-state index is -0.462. The fourth-order valence-electron chi connectivity index (χ4n) is 1.45. The molecule has 0 fully saturated rings. The van der Waals surface area contributed by atoms with Crippen LogP contribution in [-0.2, 0) is 11.3 Å². The summed E-state index contributed by atoms with van der Waals surface area (Å²) in [5.74, 6) is 0.299. The van der Waals surface area contributed by atoms with Crippen molar-refractivity contribution in [2.45, 2.75) is 13.5 Å². The highest BCUT2D eigenvalue weighted by molar-refractivity contribution is 5.88. The molecule has 0 unspecified atom stereocenters. The molecule has 6 heteroatoms. The Hall–Kier alpha value is -2.37. The van der Waals surface area contributed by atoms with Gasteiger partial charge in [0.2, 0.25) is 0 Å². The molecule has 2 rings (SSSR count). The Kier molecular flexibility index (Phi) is 3.57. The van der Waals surface area contributed by atoms with Gasteiger partial charge in [0.1, 0.15) is 17.1 Å². The highest BCUT2D eigenvalue weighted by Crippen LogP contribution is 2.11. The van der Waals surface area contributed by atoms with Gasteiger partial charge in [-0.1, -0.05) is 5.16 Å². The number of rotatable bonds is 4. The van der Waals surface area contributed by atoms with Crippen molar-refractivity contribution in [2.24, 2.45) is 0 Å². The molecule has 2 heterocycles. The van der Waals surface area contributed by atoms with Gasteiger partial charge in [-0.3, -0.25) is 0 Å². The van der Waals surface area contributed by atoms with Gasteiger partial charge in [-0.05, 0) is 19.1 Å². The van der Waals surface area contributed by atoms with E-state index >= 15 is 0 Å². The summed E-state index contributed by atoms with van der Waals surface area (Å²) in [7, 11) is 1.32. The Morgan fingerprint density at radius 2 is 2.33 bits per heavy atom. The summed E-state index contributed by atoms with van der Waals surface area (Å²) in [6.07, 6.45) is 1.54. The summed E-state index contributed by atoms with van der Waals surface area (Å²) in [5.41, 5.74) is 1.83. The van der Waals surface area contributed by atoms with Gasteiger partial charge in [0, 0.05) is 18.0 Å². The van der Waals surface area contributed by atoms with Crippen molar-refractivity contribution in [1.82, 2.24) is 10.1 Å². The first kappa shape index (κ1) is 12.1. The number of hydrogen-bond donors (Lipinski definition) is 1. The standard InChI is InChI=1S/C12H13N3O3/c1-8-5-10(15-18-8)7-14-9-3-4-13-11(6-9)12(16)17-2/h3-6H,7H2,1-2H3,(H,13,14). The van der Waals surface area contributed by atoms with Crippen molar-refractivity contribution in [1.29, 1.82) is 0 Å². The van der Waals surface area contributed by atoms with Gasteiger partial charge in [0.05, 0.1) is 13.7 Å². The molecule has 1 N–H and O–H groups in total. The zero-order valence-electron chi connectivity index (χ0n) is 10.1. The first-order chi connectivity index (χ1) is 8.69. The second kappa shape index (κ2) is 5.31. The molecule has 0 saturated carbocycles. The van der Waals surface area contributed by atoms with Crippen molar-refractivity contribution >= 4 is 11.7 Å². The Balaban J connectivity index is 2.03. The molecule has 2 aromatic heterocycles. The van der Waals surface area contributed by atoms with E-state index in [1.807, 2.05) is 13.0 Å². The van der Waals surface area contributed by atoms with Crippen LogP contribution >= 0.6 is 0 Å². The van der Waals surface area contributed by atoms with E-state index in [-0.39, 0.29) is 5.69 Å². The molecule has 0 amide bonds. The molecule has 0 aliphatic rings. The second-order valence-electron chi connectivity index (χ2n) is 3.70. The number of carbonyl (C=O) groups is 1. The number of nitrogens with zero attached hydrogens (tertiary/aromatic N) is 2. The monoisotopic (exact) mass is 247 g/mol. The summed E-state index contributed by atoms with van der Waals surface area (Å²) >= 11 is 0. The maximum atomic E-state index is 11.3. The molecule has 6 nitrogen and oxygen atoms in total. The third-order valence-electron chi connectivity index (χ3n) is 2.30. The predicted molar refractivity (Wildman–Crippen MR) is 64.1 cm³/mol. The molecule has 94 valence electrons. The van der Waals surface area contributed by atoms with E-state index in [4.69, 9.17) is 4.52 Å². The van der Waals surface area contributed by atoms with Gasteiger partial charge in [0.15, 0.2) is 0 Å². The number of ether oxygens (including phenoxy) is 1. The molecular weight excluding hydrogens is 234 g/mol. The number of esters is 1. The van der Waals surface area contributed by atoms with Crippen LogP contribution in [0, 0.1) is 6.92 Å². The summed E-state index contributed by atoms with van der Waals surface area (Å²) in [4.78, 5) is 15.2. The van der Waals surface area contributed by atoms with E-state index in [1.165, 1.54) is 7.11 Å². The first-order valence-corrected chi connectivity index (χ1v) is 5.39. The largest absolute Gasteiger partial charge is 0.464 e. The van der Waals surface area contributed by atoms with Gasteiger partial charge < -0.3 is 14.6 Å². The highest BCUT2D eigenvalue weighted by atomic mass is 16.5. The summed E-state index contributed by atoms with van der Waals surface area (Å²) in [6.45, 7) is 2.35. The number of pyridine rings is 1. The summed E-state index contributed by atoms with van der Waals surface area (Å²) in [6, 6.07) is 5.23. The topological polar surface area (TPSA) is 77.2 Å². The van der Waals surface area contributed by atoms with E-state index in [1.54, 1.807) is 18.3 Å². The molecular formula is C12H13N3O3. The Morgan fingerprint density at radius 3 is 3.00 bits per heavy atom. The fourth-order valence-corrected chi connectivity index (χ4v) is 1.45. The number of hydrogen-bond acceptors (Lipinski definition) is 6. The molecule has 0 atom stereocenters. The summed E-state index contributed by atoms with van der Waals surface area (Å²) in [5, 5.41) is 6.98. The summed E-state index contributed by atoms with van der Waals surface area (Å²) < 4.78 is 9.56. The average molecular weight is 247 g/mol. The van der Waals surface area contributed by atoms with Crippen molar-refractivity contribution in [2.75, 3.05) is 12.4 Å². The molecule has 0 aliphatic heterocycles. The van der Waals surface area contributed by atoms with Gasteiger partial charge in [-0.25, -0.2) is 9.78 Å². The number of aromatic nitrogens is 2. The van der Waals surface area contributed by atoms with Crippen LogP contribution in [0.2, 0.25) is 0 Å². The van der Waals surface area contributed by atoms with Gasteiger partial charge in [-0.15, -0.1) is 0 Å². The molecule has 0 bridgehead atoms. The lowest BCUT2D eigenvalue weighted by Crippen LogP contribution is -2.06. The second-order valence-corrected chi connectivity index (χ2v) is 3.70. The van der Waals surface area contributed by atoms with Crippen molar-refractivity contribution in [3.8, 4) is 0 Å². The van der Waals surface area contributed by atoms with E-state index in [2.05, 4.69) is 20.2 Å². The van der Waals surface area contributed by atoms with Crippen LogP contribution in [0.3, 0.4) is 0 Å². The van der Waals surface area contributed by atoms with Gasteiger partial charge in [-0.2, -0.15) is 0 Å². The number of methoxy groups -OCH3 is 1. The minimum absolute atomic E-state index is 0.263. The van der Waals surface area contributed by atoms with Crippen molar-refractivity contribution in [3.63, 3.8) is 0 Å². The van der Waals surface area contributed by atoms with Crippen LogP contribution in [0.1, 0.15) is 21.9 Å². The zero-order valence-corrected chi connectivity index (χ0v) is 10.1. The van der Waals surface area contributed by atoms with E-state index in [0.29, 0.717) is 6.54 Å². The molecule has 2 aromatic rings. The first-order valence-electron chi connectivity index (χ1n) is 5.39. The molecule has 0 aromatic carbocycles. The van der Waals surface area contributed by atoms with Gasteiger partial charge in [0.25, 0.3) is 0 Å². The molecule has 18 heavy (non-hydrogen) atoms. The molecule has 0 spiro atoms. The average Bonchev–Trinajstić information content (AvgIpc) is 2.81. The fraction of sp³-hybridized carbons (Fsp3) is 0.250. The lowest BCUT2D eigenvalue weighted by molar-refractivity contribution is 0.0594. The quantitative estimate of drug-likeness (QED) is 0.830. The zero-order chi connectivity index (χ0) is 13.0. The maximum absolute atomic E-state index is 11.3. The van der Waals surface area contributed by atoms with Crippen molar-refractivity contribution < 1.29 is 14.1 Å². The lowest BCUT2D eigenvalue weighted by Gasteiger charge is -2.05. The number of anilines is 1. The maximum Gasteiger partial charge on any atom is 0.356 e. The Labute approximate surface area is 104 Å². The third-order valence-corrected chi connectivity index (χ3v) is 2.30. The van der Waals surface area contributed by atoms with Crippen molar-refractivity contribution in [3.05, 3.63) is 41.5 Å². The SMILES string of the molecule is COC(=O)c1cc(NCc2cc(C)on2)ccn1. The van der Waals surface area contributed by atoms with Crippen LogP contribution in [0.4, 0.5) is 5.69 Å². The van der Waals surface area contributed by atoms with E-state index in [0.717, 1.165) is 17.1 Å². The Morgan fingerprint density at radius 1 is 1.50 bits per heavy atom. The smallest absolute Gasteiger partial charge is 0.356 e. The van der Waals surface area contributed by atoms with Crippen LogP contribution in [0.25, 0.3) is 0 Å². The minimum Gasteiger partial charge on any atom is -0.464 e. The lowest BCUT2D eigenvalue weighted by atomic mass is 10.3.